The van der Waals surface area contributed by atoms with E-state index in [9.17, 15) is 30.7 Å². The fourth-order valence-electron chi connectivity index (χ4n) is 20.9. The van der Waals surface area contributed by atoms with Gasteiger partial charge in [-0.3, -0.25) is 24.5 Å². The van der Waals surface area contributed by atoms with E-state index in [0.29, 0.717) is 109 Å². The summed E-state index contributed by atoms with van der Waals surface area (Å²) in [5, 5.41) is 0. The van der Waals surface area contributed by atoms with E-state index in [1.54, 1.807) is 43.5 Å². The predicted octanol–water partition coefficient (Wildman–Crippen LogP) is 24.0. The molecule has 0 amide bonds. The Bertz CT molecular complexity index is 3240. The van der Waals surface area contributed by atoms with Crippen molar-refractivity contribution in [1.82, 2.24) is 24.5 Å². The molecule has 10 fully saturated rings. The van der Waals surface area contributed by atoms with Crippen LogP contribution in [0.25, 0.3) is 0 Å². The highest BCUT2D eigenvalue weighted by Crippen LogP contribution is 2.48. The van der Waals surface area contributed by atoms with Crippen LogP contribution in [-0.2, 0) is 32.7 Å². The average Bonchev–Trinajstić information content (AvgIpc) is 1.69. The van der Waals surface area contributed by atoms with E-state index in [4.69, 9.17) is 4.74 Å². The Morgan fingerprint density at radius 3 is 0.864 bits per heavy atom. The zero-order chi connectivity index (χ0) is 70.3. The molecule has 0 radical (unpaired) electrons. The maximum absolute atomic E-state index is 14.2. The summed E-state index contributed by atoms with van der Waals surface area (Å²) in [5.41, 5.74) is 2.94. The minimum atomic E-state index is -0.407. The molecule has 10 saturated heterocycles. The molecule has 10 aliphatic rings. The molecule has 10 heterocycles. The van der Waals surface area contributed by atoms with Gasteiger partial charge in [-0.1, -0.05) is 154 Å². The number of fused-ring (bicyclic) bond motifs is 10. The van der Waals surface area contributed by atoms with Crippen molar-refractivity contribution < 1.29 is 35.5 Å². The molecule has 15 rings (SSSR count). The monoisotopic (exact) mass is 1440 g/mol. The van der Waals surface area contributed by atoms with E-state index < -0.39 is 23.3 Å². The van der Waals surface area contributed by atoms with Crippen molar-refractivity contribution >= 4 is 0 Å². The topological polar surface area (TPSA) is 25.4 Å². The van der Waals surface area contributed by atoms with Crippen LogP contribution >= 0.6 is 0 Å². The summed E-state index contributed by atoms with van der Waals surface area (Å²) in [6.45, 7) is 26.3. The Kier molecular flexibility index (Phi) is 32.2. The van der Waals surface area contributed by atoms with Crippen molar-refractivity contribution in [2.45, 2.75) is 321 Å². The van der Waals surface area contributed by atoms with Crippen molar-refractivity contribution in [2.75, 3.05) is 7.11 Å². The zero-order valence-electron chi connectivity index (χ0n) is 61.8. The van der Waals surface area contributed by atoms with E-state index in [-0.39, 0.29) is 58.3 Å². The number of hydrogen-bond donors (Lipinski definition) is 0. The molecule has 13 heteroatoms. The van der Waals surface area contributed by atoms with Gasteiger partial charge in [-0.2, -0.15) is 0 Å². The molecular weight excluding hydrogens is 1300 g/mol. The molecule has 12 unspecified atom stereocenters. The van der Waals surface area contributed by atoms with Gasteiger partial charge in [-0.05, 0) is 236 Å². The third-order valence-corrected chi connectivity index (χ3v) is 26.4. The van der Waals surface area contributed by atoms with Crippen molar-refractivity contribution in [3.63, 3.8) is 0 Å². The Labute approximate surface area is 621 Å². The molecule has 0 aromatic heterocycles. The highest BCUT2D eigenvalue weighted by Gasteiger charge is 2.48. The van der Waals surface area contributed by atoms with Gasteiger partial charge in [0.25, 0.3) is 0 Å². The van der Waals surface area contributed by atoms with E-state index in [1.807, 2.05) is 30.3 Å². The van der Waals surface area contributed by atoms with Gasteiger partial charge < -0.3 is 4.74 Å². The van der Waals surface area contributed by atoms with Gasteiger partial charge in [0.1, 0.15) is 46.5 Å². The number of benzene rings is 5. The molecule has 0 aliphatic carbocycles. The number of hydrogen-bond acceptors (Lipinski definition) is 6. The average molecular weight is 1440 g/mol. The number of rotatable bonds is 16. The lowest BCUT2D eigenvalue weighted by molar-refractivity contribution is 0.0600. The third-order valence-electron chi connectivity index (χ3n) is 26.4. The smallest absolute Gasteiger partial charge is 0.131 e. The van der Waals surface area contributed by atoms with E-state index >= 15 is 0 Å². The molecule has 576 valence electrons. The number of halogens is 7. The summed E-state index contributed by atoms with van der Waals surface area (Å²) < 4.78 is 103. The van der Waals surface area contributed by atoms with Crippen molar-refractivity contribution in [1.29, 1.82) is 0 Å². The number of methoxy groups -OCH3 is 1. The summed E-state index contributed by atoms with van der Waals surface area (Å²) in [4.78, 5) is 12.4. The number of ether oxygens (including phenoxy) is 1. The molecule has 0 spiro atoms. The summed E-state index contributed by atoms with van der Waals surface area (Å²) in [7, 11) is 1.63. The van der Waals surface area contributed by atoms with Crippen LogP contribution in [0.5, 0.6) is 5.75 Å². The standard InChI is InChI=1S/C18H26FNO.2C17H23F2N.2C17H24FN.4CH4/c1-12(2)14-9-7-13-8-10-17(14)20(13)11-15-16(19)5-4-6-18(15)21-3;1-11(2)13-8-6-12-7-9-17(13)20(12)10-14-15(18)4-3-5-16(14)19;1-11(2)12-8-13-6-7-14(9-12)20(13)10-15-16(18)4-3-5-17(15)19;2*1-12(2)15-9-7-14-8-10-17(15)19(14)11-13-5-3-4-6-16(13)18;;;;/h4-6,12-14,17H,7-11H2,1-3H3;3-5,11-13,17H,6-10H2,1-2H3;3-5,11-14H,6-10H2,1-2H3;2*3-6,12,14-15,17H,7-11H2,1-2H3;4*1H4/t13?,14-,17?;12?,13-,17?;;;;;;;/m01......./s1. The summed E-state index contributed by atoms with van der Waals surface area (Å²) >= 11 is 0. The van der Waals surface area contributed by atoms with E-state index in [1.165, 1.54) is 165 Å². The second kappa shape index (κ2) is 38.8. The zero-order valence-corrected chi connectivity index (χ0v) is 61.8. The van der Waals surface area contributed by atoms with Crippen molar-refractivity contribution in [2.24, 2.45) is 59.2 Å². The Morgan fingerprint density at radius 1 is 0.291 bits per heavy atom. The molecule has 14 atom stereocenters. The second-order valence-corrected chi connectivity index (χ2v) is 33.4. The minimum absolute atomic E-state index is 0. The van der Waals surface area contributed by atoms with Crippen LogP contribution in [0, 0.1) is 99.9 Å². The van der Waals surface area contributed by atoms with Gasteiger partial charge in [0.05, 0.1) is 7.11 Å². The van der Waals surface area contributed by atoms with Gasteiger partial charge in [0.15, 0.2) is 0 Å². The van der Waals surface area contributed by atoms with Gasteiger partial charge in [0, 0.05) is 121 Å². The molecule has 5 aromatic rings. The quantitative estimate of drug-likeness (QED) is 0.0914. The second-order valence-electron chi connectivity index (χ2n) is 33.4. The largest absolute Gasteiger partial charge is 0.496 e. The Morgan fingerprint density at radius 2 is 0.553 bits per heavy atom. The Balaban J connectivity index is 0.000000179. The first kappa shape index (κ1) is 85.5. The summed E-state index contributed by atoms with van der Waals surface area (Å²) in [6, 6.07) is 34.0. The molecule has 0 N–H and O–H groups in total. The van der Waals surface area contributed by atoms with Gasteiger partial charge in [0.2, 0.25) is 0 Å². The van der Waals surface area contributed by atoms with Crippen LogP contribution in [0.2, 0.25) is 0 Å². The molecule has 5 aromatic carbocycles. The fraction of sp³-hybridized carbons (Fsp3) is 0.667. The first-order valence-electron chi connectivity index (χ1n) is 39.0. The number of piperidine rings is 5. The summed E-state index contributed by atoms with van der Waals surface area (Å²) in [6.07, 6.45) is 25.2. The van der Waals surface area contributed by atoms with Crippen LogP contribution in [0.1, 0.15) is 255 Å². The van der Waals surface area contributed by atoms with Crippen LogP contribution in [0.3, 0.4) is 0 Å². The molecule has 10 bridgehead atoms. The van der Waals surface area contributed by atoms with Crippen molar-refractivity contribution in [3.8, 4) is 5.75 Å². The van der Waals surface area contributed by atoms with Crippen LogP contribution in [-0.4, -0.2) is 92.0 Å². The van der Waals surface area contributed by atoms with E-state index in [2.05, 4.69) is 93.7 Å². The molecular formula is C90H136F7N5O. The first-order chi connectivity index (χ1) is 47.6. The molecule has 6 nitrogen and oxygen atoms in total. The van der Waals surface area contributed by atoms with Crippen LogP contribution in [0.15, 0.2) is 103 Å². The molecule has 103 heavy (non-hydrogen) atoms. The third kappa shape index (κ3) is 19.9. The van der Waals surface area contributed by atoms with Gasteiger partial charge in [-0.15, -0.1) is 0 Å². The maximum Gasteiger partial charge on any atom is 0.131 e. The number of nitrogens with zero attached hydrogens (tertiary/aromatic N) is 5. The molecule has 0 saturated carbocycles. The lowest BCUT2D eigenvalue weighted by atomic mass is 9.81. The van der Waals surface area contributed by atoms with Gasteiger partial charge in [-0.25, -0.2) is 30.7 Å². The SMILES string of the molecule is C.C.C.C.CC(C)C1CC2CCC(C1)N2Cc1c(F)cccc1F.CC(C)C1CCC2CCC1N2Cc1ccccc1F.CC(C)C1CCC2CCC1N2Cc1ccccc1F.CC(C)[C@H]1CCC2CCC1N2Cc1c(F)cccc1F.COc1cccc(F)c1CN1C2CCC1[C@H](C(C)C)CC2. The highest BCUT2D eigenvalue weighted by molar-refractivity contribution is 5.35. The highest BCUT2D eigenvalue weighted by atomic mass is 19.2. The fourth-order valence-corrected chi connectivity index (χ4v) is 20.9. The Hall–Kier alpha value is -4.79. The van der Waals surface area contributed by atoms with Crippen LogP contribution < -0.4 is 4.74 Å². The summed E-state index contributed by atoms with van der Waals surface area (Å²) in [5.74, 6) is 6.16. The minimum Gasteiger partial charge on any atom is -0.496 e. The van der Waals surface area contributed by atoms with E-state index in [0.717, 1.165) is 65.3 Å². The van der Waals surface area contributed by atoms with Crippen molar-refractivity contribution in [3.05, 3.63) is 172 Å². The van der Waals surface area contributed by atoms with Gasteiger partial charge >= 0.3 is 0 Å². The predicted molar refractivity (Wildman–Crippen MR) is 415 cm³/mol. The normalized spacial score (nSPS) is 29.1. The first-order valence-corrected chi connectivity index (χ1v) is 39.0. The maximum atomic E-state index is 14.2. The van der Waals surface area contributed by atoms with Crippen LogP contribution in [0.4, 0.5) is 30.7 Å². The lowest BCUT2D eigenvalue weighted by Gasteiger charge is -2.42. The molecule has 10 aliphatic heterocycles. The lowest BCUT2D eigenvalue weighted by Crippen LogP contribution is -2.46.